The van der Waals surface area contributed by atoms with Gasteiger partial charge in [-0.05, 0) is 50.3 Å². The molecule has 3 aromatic rings. The molecule has 33 heavy (non-hydrogen) atoms. The third-order valence-corrected chi connectivity index (χ3v) is 4.83. The number of carbonyl (C=O) groups is 1. The van der Waals surface area contributed by atoms with Crippen LogP contribution in [0.4, 0.5) is 22.0 Å². The predicted molar refractivity (Wildman–Crippen MR) is 114 cm³/mol. The van der Waals surface area contributed by atoms with Gasteiger partial charge in [0.15, 0.2) is 17.6 Å². The molecule has 1 aliphatic rings. The molecule has 2 aromatic heterocycles. The van der Waals surface area contributed by atoms with Gasteiger partial charge in [-0.2, -0.15) is 18.3 Å². The van der Waals surface area contributed by atoms with Crippen molar-refractivity contribution in [3.63, 3.8) is 0 Å². The number of aromatic nitrogens is 3. The minimum absolute atomic E-state index is 0. The number of carbonyl (C=O) groups excluding carboxylic acids is 1. The molecule has 0 unspecified atom stereocenters. The van der Waals surface area contributed by atoms with E-state index in [4.69, 9.17) is 4.74 Å². The summed E-state index contributed by atoms with van der Waals surface area (Å²) in [6.45, 7) is 0.753. The van der Waals surface area contributed by atoms with E-state index in [9.17, 15) is 26.7 Å². The first-order chi connectivity index (χ1) is 15.0. The van der Waals surface area contributed by atoms with Crippen LogP contribution in [0.1, 0.15) is 36.5 Å². The van der Waals surface area contributed by atoms with Gasteiger partial charge in [-0.15, -0.1) is 0 Å². The molecule has 0 N–H and O–H groups in total. The van der Waals surface area contributed by atoms with E-state index < -0.39 is 17.8 Å². The second kappa shape index (κ2) is 10.2. The largest absolute Gasteiger partial charge is 0.497 e. The van der Waals surface area contributed by atoms with Crippen LogP contribution in [0.15, 0.2) is 36.4 Å². The average molecular weight is 472 g/mol. The van der Waals surface area contributed by atoms with E-state index in [2.05, 4.69) is 10.1 Å². The lowest BCUT2D eigenvalue weighted by molar-refractivity contribution is -0.142. The number of hydrogen-bond donors (Lipinski definition) is 0. The fourth-order valence-corrected chi connectivity index (χ4v) is 3.32. The summed E-state index contributed by atoms with van der Waals surface area (Å²) in [6, 6.07) is 8.57. The van der Waals surface area contributed by atoms with Gasteiger partial charge in [0, 0.05) is 18.1 Å². The molecule has 3 heterocycles. The van der Waals surface area contributed by atoms with E-state index in [1.807, 2.05) is 0 Å². The van der Waals surface area contributed by atoms with Crippen LogP contribution in [0, 0.1) is 0 Å². The van der Waals surface area contributed by atoms with Crippen molar-refractivity contribution < 1.29 is 31.5 Å². The molecule has 0 spiro atoms. The van der Waals surface area contributed by atoms with Gasteiger partial charge in [0.1, 0.15) is 11.4 Å². The van der Waals surface area contributed by atoms with Crippen LogP contribution in [0.5, 0.6) is 5.75 Å². The lowest BCUT2D eigenvalue weighted by atomic mass is 10.1. The Bertz CT molecular complexity index is 1080. The molecule has 11 heteroatoms. The summed E-state index contributed by atoms with van der Waals surface area (Å²) < 4.78 is 70.2. The molecule has 1 saturated heterocycles. The second-order valence-electron chi connectivity index (χ2n) is 7.41. The molecular formula is C22H25F5N4O2. The molecule has 1 fully saturated rings. The number of nitrogens with zero attached hydrogens (tertiary/aromatic N) is 4. The van der Waals surface area contributed by atoms with Gasteiger partial charge in [0.2, 0.25) is 0 Å². The quantitative estimate of drug-likeness (QED) is 0.387. The summed E-state index contributed by atoms with van der Waals surface area (Å²) >= 11 is 0. The third-order valence-electron chi connectivity index (χ3n) is 4.83. The number of benzene rings is 1. The maximum Gasteiger partial charge on any atom is 0.433 e. The molecular weight excluding hydrogens is 447 g/mol. The topological polar surface area (TPSA) is 59.7 Å². The van der Waals surface area contributed by atoms with Crippen molar-refractivity contribution >= 4 is 11.9 Å². The number of fused-ring (bicyclic) bond motifs is 1. The highest BCUT2D eigenvalue weighted by Crippen LogP contribution is 2.32. The molecule has 0 atom stereocenters. The Hall–Kier alpha value is -3.08. The summed E-state index contributed by atoms with van der Waals surface area (Å²) in [5.74, 6) is -1.84. The van der Waals surface area contributed by atoms with Gasteiger partial charge in [-0.1, -0.05) is 7.43 Å². The summed E-state index contributed by atoms with van der Waals surface area (Å²) in [5.41, 5.74) is -0.540. The zero-order valence-corrected chi connectivity index (χ0v) is 17.4. The number of methoxy groups -OCH3 is 1. The number of rotatable bonds is 3. The molecule has 0 saturated carbocycles. The summed E-state index contributed by atoms with van der Waals surface area (Å²) in [6.07, 6.45) is -3.56. The number of hydrogen-bond acceptors (Lipinski definition) is 5. The van der Waals surface area contributed by atoms with E-state index in [1.54, 1.807) is 36.2 Å². The highest BCUT2D eigenvalue weighted by molar-refractivity contribution is 5.75. The van der Waals surface area contributed by atoms with Crippen molar-refractivity contribution in [3.05, 3.63) is 47.8 Å². The van der Waals surface area contributed by atoms with Gasteiger partial charge >= 0.3 is 6.18 Å². The van der Waals surface area contributed by atoms with Crippen molar-refractivity contribution in [2.45, 2.75) is 32.4 Å². The predicted octanol–water partition coefficient (Wildman–Crippen LogP) is 5.22. The van der Waals surface area contributed by atoms with E-state index in [-0.39, 0.29) is 37.4 Å². The Kier molecular flexibility index (Phi) is 8.12. The minimum atomic E-state index is -4.63. The Morgan fingerprint density at radius 1 is 1.15 bits per heavy atom. The van der Waals surface area contributed by atoms with Crippen LogP contribution in [0.25, 0.3) is 16.9 Å². The number of halogens is 5. The van der Waals surface area contributed by atoms with Crippen LogP contribution >= 0.6 is 0 Å². The average Bonchev–Trinajstić information content (AvgIpc) is 3.15. The zero-order valence-electron chi connectivity index (χ0n) is 17.4. The van der Waals surface area contributed by atoms with Crippen LogP contribution in [-0.2, 0) is 6.18 Å². The number of alkyl halides is 5. The summed E-state index contributed by atoms with van der Waals surface area (Å²) in [7, 11) is 3.22. The van der Waals surface area contributed by atoms with Crippen LogP contribution in [-0.4, -0.2) is 59.0 Å². The first-order valence-electron chi connectivity index (χ1n) is 9.66. The molecule has 0 radical (unpaired) electrons. The van der Waals surface area contributed by atoms with Gasteiger partial charge in [0.25, 0.3) is 5.92 Å². The number of likely N-dealkylation sites (tertiary alicyclic amines) is 1. The van der Waals surface area contributed by atoms with Crippen molar-refractivity contribution in [2.75, 3.05) is 27.2 Å². The van der Waals surface area contributed by atoms with E-state index in [0.29, 0.717) is 28.5 Å². The van der Waals surface area contributed by atoms with Gasteiger partial charge in [0.05, 0.1) is 19.3 Å². The lowest BCUT2D eigenvalue weighted by Crippen LogP contribution is -2.39. The molecule has 1 aromatic carbocycles. The Labute approximate surface area is 188 Å². The smallest absolute Gasteiger partial charge is 0.433 e. The second-order valence-corrected chi connectivity index (χ2v) is 7.41. The normalized spacial score (nSPS) is 15.8. The standard InChI is InChI=1S/C15H10F3N3O2.C6H11F2N.CH4/c1-23-11-4-2-9(3-5-11)12-7-13(15(16,17)18)21-14(19-12)6-10(8-22)20-21;1-9-4-2-3-6(7,8)5-9;/h2-8H,1H3;2-5H2,1H3;1H4. The Balaban J connectivity index is 0.000000326. The molecule has 0 amide bonds. The minimum Gasteiger partial charge on any atom is -0.497 e. The summed E-state index contributed by atoms with van der Waals surface area (Å²) in [5, 5.41) is 3.61. The molecule has 180 valence electrons. The maximum absolute atomic E-state index is 13.2. The van der Waals surface area contributed by atoms with Crippen LogP contribution in [0.2, 0.25) is 0 Å². The number of piperidine rings is 1. The summed E-state index contributed by atoms with van der Waals surface area (Å²) in [4.78, 5) is 16.6. The third kappa shape index (κ3) is 6.47. The van der Waals surface area contributed by atoms with Gasteiger partial charge in [-0.3, -0.25) is 4.79 Å². The van der Waals surface area contributed by atoms with Crippen molar-refractivity contribution in [1.82, 2.24) is 19.5 Å². The maximum atomic E-state index is 13.2. The van der Waals surface area contributed by atoms with Gasteiger partial charge in [-0.25, -0.2) is 18.3 Å². The monoisotopic (exact) mass is 472 g/mol. The Morgan fingerprint density at radius 3 is 2.30 bits per heavy atom. The fraction of sp³-hybridized carbons (Fsp3) is 0.409. The van der Waals surface area contributed by atoms with Crippen molar-refractivity contribution in [1.29, 1.82) is 0 Å². The number of ether oxygens (including phenoxy) is 1. The SMILES string of the molecule is C.CN1CCCC(F)(F)C1.COc1ccc(-c2cc(C(F)(F)F)n3nc(C=O)cc3n2)cc1. The molecule has 4 rings (SSSR count). The van der Waals surface area contributed by atoms with E-state index in [0.717, 1.165) is 12.6 Å². The fourth-order valence-electron chi connectivity index (χ4n) is 3.32. The van der Waals surface area contributed by atoms with Gasteiger partial charge < -0.3 is 9.64 Å². The van der Waals surface area contributed by atoms with E-state index >= 15 is 0 Å². The van der Waals surface area contributed by atoms with E-state index in [1.165, 1.54) is 13.2 Å². The highest BCUT2D eigenvalue weighted by atomic mass is 19.4. The molecule has 0 aliphatic carbocycles. The van der Waals surface area contributed by atoms with Crippen molar-refractivity contribution in [2.24, 2.45) is 0 Å². The first-order valence-corrected chi connectivity index (χ1v) is 9.66. The van der Waals surface area contributed by atoms with Crippen LogP contribution < -0.4 is 4.74 Å². The van der Waals surface area contributed by atoms with Crippen molar-refractivity contribution in [3.8, 4) is 17.0 Å². The number of aldehydes is 1. The molecule has 0 bridgehead atoms. The zero-order chi connectivity index (χ0) is 23.5. The van der Waals surface area contributed by atoms with Crippen LogP contribution in [0.3, 0.4) is 0 Å². The molecule has 6 nitrogen and oxygen atoms in total. The lowest BCUT2D eigenvalue weighted by Gasteiger charge is -2.28. The highest BCUT2D eigenvalue weighted by Gasteiger charge is 2.35. The first kappa shape index (κ1) is 26.2. The Morgan fingerprint density at radius 2 is 1.82 bits per heavy atom. The molecule has 1 aliphatic heterocycles.